The molecule has 0 fully saturated rings. The minimum Gasteiger partial charge on any atom is -0.544 e. The Hall–Kier alpha value is -2.21. The molecule has 5 nitrogen and oxygen atoms in total. The number of benzene rings is 1. The van der Waals surface area contributed by atoms with Crippen LogP contribution in [-0.4, -0.2) is 16.9 Å². The van der Waals surface area contributed by atoms with Gasteiger partial charge < -0.3 is 15.2 Å². The first-order valence-electron chi connectivity index (χ1n) is 6.49. The molecule has 0 saturated heterocycles. The summed E-state index contributed by atoms with van der Waals surface area (Å²) in [5.74, 6) is -1.45. The van der Waals surface area contributed by atoms with E-state index in [1.54, 1.807) is 6.92 Å². The number of aromatic nitrogens is 1. The van der Waals surface area contributed by atoms with Gasteiger partial charge in [-0.3, -0.25) is 4.79 Å². The van der Waals surface area contributed by atoms with Crippen molar-refractivity contribution in [2.75, 3.05) is 0 Å². The van der Waals surface area contributed by atoms with Crippen molar-refractivity contribution in [1.29, 1.82) is 0 Å². The Kier molecular flexibility index (Phi) is 4.70. The molecule has 1 amide bonds. The van der Waals surface area contributed by atoms with Gasteiger partial charge >= 0.3 is 0 Å². The number of carbonyl (C=O) groups excluding carboxylic acids is 2. The summed E-state index contributed by atoms with van der Waals surface area (Å²) in [5, 5.41) is 14.2. The van der Waals surface area contributed by atoms with Crippen molar-refractivity contribution < 1.29 is 14.7 Å². The lowest BCUT2D eigenvalue weighted by Crippen LogP contribution is -2.28. The van der Waals surface area contributed by atoms with Crippen LogP contribution in [0.25, 0.3) is 0 Å². The van der Waals surface area contributed by atoms with Crippen LogP contribution in [0.2, 0.25) is 0 Å². The van der Waals surface area contributed by atoms with E-state index in [4.69, 9.17) is 0 Å². The van der Waals surface area contributed by atoms with Gasteiger partial charge in [-0.2, -0.15) is 0 Å². The van der Waals surface area contributed by atoms with Gasteiger partial charge in [0.25, 0.3) is 0 Å². The minimum absolute atomic E-state index is 0.0654. The SMILES string of the molecule is Cc1nc(CC(=O)N[C@@H](C)c2ccccc2)sc1C(=O)[O-]. The van der Waals surface area contributed by atoms with Crippen LogP contribution in [0, 0.1) is 6.92 Å². The second kappa shape index (κ2) is 6.49. The zero-order valence-corrected chi connectivity index (χ0v) is 12.6. The van der Waals surface area contributed by atoms with Crippen LogP contribution >= 0.6 is 11.3 Å². The number of rotatable bonds is 5. The first-order chi connectivity index (χ1) is 9.97. The summed E-state index contributed by atoms with van der Waals surface area (Å²) in [4.78, 5) is 27.0. The summed E-state index contributed by atoms with van der Waals surface area (Å²) in [7, 11) is 0. The van der Waals surface area contributed by atoms with Crippen molar-refractivity contribution in [3.05, 3.63) is 51.5 Å². The van der Waals surface area contributed by atoms with Crippen molar-refractivity contribution in [3.63, 3.8) is 0 Å². The molecule has 2 aromatic rings. The van der Waals surface area contributed by atoms with E-state index >= 15 is 0 Å². The van der Waals surface area contributed by atoms with E-state index in [0.717, 1.165) is 16.9 Å². The second-order valence-electron chi connectivity index (χ2n) is 4.69. The molecule has 0 bridgehead atoms. The van der Waals surface area contributed by atoms with Crippen molar-refractivity contribution >= 4 is 23.2 Å². The first kappa shape index (κ1) is 15.2. The third-order valence-electron chi connectivity index (χ3n) is 3.02. The molecule has 21 heavy (non-hydrogen) atoms. The van der Waals surface area contributed by atoms with Crippen LogP contribution in [0.3, 0.4) is 0 Å². The third kappa shape index (κ3) is 3.88. The molecule has 0 aliphatic heterocycles. The number of hydrogen-bond acceptors (Lipinski definition) is 5. The minimum atomic E-state index is -1.26. The number of carboxylic acids is 1. The Balaban J connectivity index is 1.99. The molecule has 0 radical (unpaired) electrons. The Morgan fingerprint density at radius 1 is 1.33 bits per heavy atom. The largest absolute Gasteiger partial charge is 0.544 e. The Labute approximate surface area is 126 Å². The lowest BCUT2D eigenvalue weighted by atomic mass is 10.1. The predicted molar refractivity (Wildman–Crippen MR) is 77.9 cm³/mol. The van der Waals surface area contributed by atoms with E-state index in [1.807, 2.05) is 37.3 Å². The topological polar surface area (TPSA) is 82.1 Å². The second-order valence-corrected chi connectivity index (χ2v) is 5.77. The monoisotopic (exact) mass is 303 g/mol. The van der Waals surface area contributed by atoms with E-state index < -0.39 is 5.97 Å². The number of hydrogen-bond donors (Lipinski definition) is 1. The molecule has 0 spiro atoms. The third-order valence-corrected chi connectivity index (χ3v) is 4.15. The number of thiazole rings is 1. The highest BCUT2D eigenvalue weighted by atomic mass is 32.1. The van der Waals surface area contributed by atoms with Gasteiger partial charge in [-0.25, -0.2) is 4.98 Å². The molecule has 6 heteroatoms. The van der Waals surface area contributed by atoms with Crippen molar-refractivity contribution in [2.45, 2.75) is 26.3 Å². The van der Waals surface area contributed by atoms with Gasteiger partial charge in [0, 0.05) is 0 Å². The highest BCUT2D eigenvalue weighted by Crippen LogP contribution is 2.18. The summed E-state index contributed by atoms with van der Waals surface area (Å²) in [6.07, 6.45) is 0.0654. The summed E-state index contributed by atoms with van der Waals surface area (Å²) >= 11 is 0.985. The lowest BCUT2D eigenvalue weighted by molar-refractivity contribution is -0.254. The van der Waals surface area contributed by atoms with Gasteiger partial charge in [0.2, 0.25) is 5.91 Å². The fourth-order valence-corrected chi connectivity index (χ4v) is 2.87. The predicted octanol–water partition coefficient (Wildman–Crippen LogP) is 1.23. The lowest BCUT2D eigenvalue weighted by Gasteiger charge is -2.13. The van der Waals surface area contributed by atoms with Gasteiger partial charge in [0.1, 0.15) is 5.01 Å². The maximum atomic E-state index is 12.0. The van der Waals surface area contributed by atoms with E-state index in [2.05, 4.69) is 10.3 Å². The normalized spacial score (nSPS) is 11.9. The molecule has 110 valence electrons. The van der Waals surface area contributed by atoms with Crippen molar-refractivity contribution in [1.82, 2.24) is 10.3 Å². The van der Waals surface area contributed by atoms with Gasteiger partial charge in [-0.15, -0.1) is 11.3 Å². The van der Waals surface area contributed by atoms with Crippen LogP contribution in [0.4, 0.5) is 0 Å². The van der Waals surface area contributed by atoms with Gasteiger partial charge in [0.05, 0.1) is 29.0 Å². The van der Waals surface area contributed by atoms with E-state index in [0.29, 0.717) is 10.7 Å². The van der Waals surface area contributed by atoms with Gasteiger partial charge in [-0.1, -0.05) is 30.3 Å². The zero-order valence-electron chi connectivity index (χ0n) is 11.8. The van der Waals surface area contributed by atoms with Crippen LogP contribution in [0.1, 0.15) is 38.9 Å². The van der Waals surface area contributed by atoms with Gasteiger partial charge in [0.15, 0.2) is 0 Å². The molecule has 0 unspecified atom stereocenters. The van der Waals surface area contributed by atoms with E-state index in [-0.39, 0.29) is 23.2 Å². The molecular formula is C15H15N2O3S-. The molecule has 1 atom stereocenters. The molecule has 0 saturated carbocycles. The number of aromatic carboxylic acids is 1. The zero-order chi connectivity index (χ0) is 15.4. The smallest absolute Gasteiger partial charge is 0.227 e. The Bertz CT molecular complexity index is 652. The summed E-state index contributed by atoms with van der Waals surface area (Å²) in [6, 6.07) is 9.50. The fraction of sp³-hybridized carbons (Fsp3) is 0.267. The van der Waals surface area contributed by atoms with Crippen LogP contribution < -0.4 is 10.4 Å². The highest BCUT2D eigenvalue weighted by molar-refractivity contribution is 7.13. The number of carboxylic acid groups (broad SMARTS) is 1. The maximum Gasteiger partial charge on any atom is 0.227 e. The average Bonchev–Trinajstić information content (AvgIpc) is 2.80. The molecule has 0 aliphatic rings. The Morgan fingerprint density at radius 3 is 2.57 bits per heavy atom. The first-order valence-corrected chi connectivity index (χ1v) is 7.31. The van der Waals surface area contributed by atoms with Gasteiger partial charge in [-0.05, 0) is 19.4 Å². The highest BCUT2D eigenvalue weighted by Gasteiger charge is 2.14. The van der Waals surface area contributed by atoms with E-state index in [1.165, 1.54) is 0 Å². The molecule has 0 aliphatic carbocycles. The van der Waals surface area contributed by atoms with Crippen LogP contribution in [0.5, 0.6) is 0 Å². The van der Waals surface area contributed by atoms with Crippen molar-refractivity contribution in [2.24, 2.45) is 0 Å². The molecule has 1 heterocycles. The summed E-state index contributed by atoms with van der Waals surface area (Å²) in [5.41, 5.74) is 1.40. The van der Waals surface area contributed by atoms with Crippen molar-refractivity contribution in [3.8, 4) is 0 Å². The number of nitrogens with one attached hydrogen (secondary N) is 1. The molecule has 1 N–H and O–H groups in total. The van der Waals surface area contributed by atoms with Crippen LogP contribution in [-0.2, 0) is 11.2 Å². The maximum absolute atomic E-state index is 12.0. The molecule has 2 rings (SSSR count). The number of amides is 1. The average molecular weight is 303 g/mol. The Morgan fingerprint density at radius 2 is 2.00 bits per heavy atom. The van der Waals surface area contributed by atoms with E-state index in [9.17, 15) is 14.7 Å². The molecule has 1 aromatic carbocycles. The fourth-order valence-electron chi connectivity index (χ4n) is 1.97. The number of aryl methyl sites for hydroxylation is 1. The molecular weight excluding hydrogens is 288 g/mol. The number of nitrogens with zero attached hydrogens (tertiary/aromatic N) is 1. The van der Waals surface area contributed by atoms with Crippen LogP contribution in [0.15, 0.2) is 30.3 Å². The molecule has 1 aromatic heterocycles. The summed E-state index contributed by atoms with van der Waals surface area (Å²) < 4.78 is 0. The summed E-state index contributed by atoms with van der Waals surface area (Å²) in [6.45, 7) is 3.49. The quantitative estimate of drug-likeness (QED) is 0.901. The standard InChI is InChI=1S/C15H16N2O3S/c1-9(11-6-4-3-5-7-11)16-12(18)8-13-17-10(2)14(21-13)15(19)20/h3-7,9H,8H2,1-2H3,(H,16,18)(H,19,20)/p-1/t9-/m0/s1. The number of carbonyl (C=O) groups is 2.